The number of rotatable bonds is 5. The van der Waals surface area contributed by atoms with Crippen LogP contribution in [0.4, 0.5) is 24.5 Å². The van der Waals surface area contributed by atoms with E-state index in [0.29, 0.717) is 5.69 Å². The largest absolute Gasteiger partial charge is 0.435 e. The maximum Gasteiger partial charge on any atom is 0.387 e. The molecule has 3 rings (SSSR count). The molecule has 4 nitrogen and oxygen atoms in total. The van der Waals surface area contributed by atoms with E-state index in [-0.39, 0.29) is 11.3 Å². The summed E-state index contributed by atoms with van der Waals surface area (Å²) in [6, 6.07) is 9.76. The smallest absolute Gasteiger partial charge is 0.387 e. The molecule has 138 valence electrons. The topological polar surface area (TPSA) is 41.6 Å². The van der Waals surface area contributed by atoms with E-state index in [0.717, 1.165) is 38.0 Å². The number of carbonyl (C=O) groups excluding carboxylic acids is 1. The zero-order valence-corrected chi connectivity index (χ0v) is 14.1. The molecule has 2 aromatic carbocycles. The molecule has 0 unspecified atom stereocenters. The molecule has 1 amide bonds. The molecule has 1 aliphatic rings. The Morgan fingerprint density at radius 3 is 2.58 bits per heavy atom. The van der Waals surface area contributed by atoms with Gasteiger partial charge in [-0.05, 0) is 55.7 Å². The molecule has 1 saturated heterocycles. The second-order valence-electron chi connectivity index (χ2n) is 6.07. The van der Waals surface area contributed by atoms with Gasteiger partial charge in [0.25, 0.3) is 5.91 Å². The van der Waals surface area contributed by atoms with Crippen molar-refractivity contribution in [2.75, 3.05) is 23.3 Å². The highest BCUT2D eigenvalue weighted by Crippen LogP contribution is 2.30. The zero-order valence-electron chi connectivity index (χ0n) is 14.1. The van der Waals surface area contributed by atoms with Gasteiger partial charge in [0.15, 0.2) is 0 Å². The van der Waals surface area contributed by atoms with E-state index in [1.165, 1.54) is 36.4 Å². The highest BCUT2D eigenvalue weighted by molar-refractivity contribution is 6.06. The molecule has 0 aromatic heterocycles. The quantitative estimate of drug-likeness (QED) is 0.838. The van der Waals surface area contributed by atoms with Crippen LogP contribution in [-0.4, -0.2) is 25.6 Å². The number of anilines is 2. The number of carbonyl (C=O) groups is 1. The van der Waals surface area contributed by atoms with Crippen molar-refractivity contribution < 1.29 is 22.7 Å². The van der Waals surface area contributed by atoms with Crippen molar-refractivity contribution in [3.63, 3.8) is 0 Å². The summed E-state index contributed by atoms with van der Waals surface area (Å²) in [5.41, 5.74) is 1.26. The lowest BCUT2D eigenvalue weighted by molar-refractivity contribution is -0.0498. The average Bonchev–Trinajstić information content (AvgIpc) is 2.62. The Kier molecular flexibility index (Phi) is 5.65. The van der Waals surface area contributed by atoms with Crippen molar-refractivity contribution in [3.8, 4) is 5.75 Å². The summed E-state index contributed by atoms with van der Waals surface area (Å²) in [6.45, 7) is -1.29. The van der Waals surface area contributed by atoms with Crippen LogP contribution < -0.4 is 15.0 Å². The Morgan fingerprint density at radius 1 is 1.08 bits per heavy atom. The normalized spacial score (nSPS) is 14.4. The summed E-state index contributed by atoms with van der Waals surface area (Å²) in [5, 5.41) is 2.68. The first kappa shape index (κ1) is 18.1. The molecule has 1 heterocycles. The summed E-state index contributed by atoms with van der Waals surface area (Å²) in [4.78, 5) is 14.6. The van der Waals surface area contributed by atoms with E-state index in [9.17, 15) is 18.0 Å². The van der Waals surface area contributed by atoms with Crippen molar-refractivity contribution >= 4 is 17.3 Å². The van der Waals surface area contributed by atoms with Crippen molar-refractivity contribution in [3.05, 3.63) is 53.8 Å². The lowest BCUT2D eigenvalue weighted by Crippen LogP contribution is -2.30. The van der Waals surface area contributed by atoms with Gasteiger partial charge in [0.1, 0.15) is 11.6 Å². The number of piperidine rings is 1. The average molecular weight is 364 g/mol. The van der Waals surface area contributed by atoms with Gasteiger partial charge in [0.2, 0.25) is 0 Å². The van der Waals surface area contributed by atoms with Crippen LogP contribution in [-0.2, 0) is 0 Å². The van der Waals surface area contributed by atoms with E-state index in [1.807, 2.05) is 0 Å². The molecular formula is C19H19F3N2O2. The predicted molar refractivity (Wildman–Crippen MR) is 93.5 cm³/mol. The Balaban J connectivity index is 1.81. The summed E-state index contributed by atoms with van der Waals surface area (Å²) in [5.74, 6) is -1.09. The monoisotopic (exact) mass is 364 g/mol. The molecule has 0 radical (unpaired) electrons. The van der Waals surface area contributed by atoms with Crippen LogP contribution in [0.15, 0.2) is 42.5 Å². The lowest BCUT2D eigenvalue weighted by atomic mass is 10.1. The SMILES string of the molecule is O=C(Nc1cc(F)ccc1N1CCCCC1)c1cccc(OC(F)F)c1. The van der Waals surface area contributed by atoms with E-state index in [2.05, 4.69) is 15.0 Å². The van der Waals surface area contributed by atoms with Crippen LogP contribution in [0.1, 0.15) is 29.6 Å². The minimum atomic E-state index is -2.97. The van der Waals surface area contributed by atoms with Gasteiger partial charge in [0, 0.05) is 18.7 Å². The third kappa shape index (κ3) is 4.47. The molecule has 2 aromatic rings. The van der Waals surface area contributed by atoms with Gasteiger partial charge in [-0.1, -0.05) is 6.07 Å². The van der Waals surface area contributed by atoms with Gasteiger partial charge in [-0.2, -0.15) is 8.78 Å². The molecule has 0 atom stereocenters. The van der Waals surface area contributed by atoms with Crippen LogP contribution in [0.2, 0.25) is 0 Å². The minimum absolute atomic E-state index is 0.108. The van der Waals surface area contributed by atoms with E-state index in [4.69, 9.17) is 0 Å². The minimum Gasteiger partial charge on any atom is -0.435 e. The van der Waals surface area contributed by atoms with Crippen molar-refractivity contribution in [1.29, 1.82) is 0 Å². The van der Waals surface area contributed by atoms with E-state index < -0.39 is 18.3 Å². The third-order valence-electron chi connectivity index (χ3n) is 4.22. The van der Waals surface area contributed by atoms with Crippen molar-refractivity contribution in [2.24, 2.45) is 0 Å². The fourth-order valence-electron chi connectivity index (χ4n) is 3.03. The Labute approximate surface area is 149 Å². The molecule has 0 saturated carbocycles. The van der Waals surface area contributed by atoms with E-state index in [1.54, 1.807) is 6.07 Å². The summed E-state index contributed by atoms with van der Waals surface area (Å²) >= 11 is 0. The number of amides is 1. The number of benzene rings is 2. The second-order valence-corrected chi connectivity index (χ2v) is 6.07. The molecule has 0 bridgehead atoms. The molecule has 1 fully saturated rings. The van der Waals surface area contributed by atoms with Gasteiger partial charge in [-0.15, -0.1) is 0 Å². The molecule has 1 aliphatic heterocycles. The Bertz CT molecular complexity index is 777. The zero-order chi connectivity index (χ0) is 18.5. The van der Waals surface area contributed by atoms with Gasteiger partial charge in [0.05, 0.1) is 11.4 Å². The van der Waals surface area contributed by atoms with Gasteiger partial charge < -0.3 is 15.0 Å². The Morgan fingerprint density at radius 2 is 1.85 bits per heavy atom. The molecular weight excluding hydrogens is 345 g/mol. The van der Waals surface area contributed by atoms with E-state index >= 15 is 0 Å². The predicted octanol–water partition coefficient (Wildman–Crippen LogP) is 4.67. The van der Waals surface area contributed by atoms with Crippen molar-refractivity contribution in [1.82, 2.24) is 0 Å². The standard InChI is InChI=1S/C19H19F3N2O2/c20-14-7-8-17(24-9-2-1-3-10-24)16(12-14)23-18(25)13-5-4-6-15(11-13)26-19(21)22/h4-8,11-12,19H,1-3,9-10H2,(H,23,25). The van der Waals surface area contributed by atoms with Crippen LogP contribution in [0, 0.1) is 5.82 Å². The first-order chi connectivity index (χ1) is 12.5. The first-order valence-electron chi connectivity index (χ1n) is 8.43. The molecule has 0 spiro atoms. The third-order valence-corrected chi connectivity index (χ3v) is 4.22. The van der Waals surface area contributed by atoms with Crippen LogP contribution in [0.25, 0.3) is 0 Å². The highest BCUT2D eigenvalue weighted by atomic mass is 19.3. The van der Waals surface area contributed by atoms with Crippen LogP contribution in [0.5, 0.6) is 5.75 Å². The highest BCUT2D eigenvalue weighted by Gasteiger charge is 2.17. The number of hydrogen-bond acceptors (Lipinski definition) is 3. The second kappa shape index (κ2) is 8.12. The number of halogens is 3. The first-order valence-corrected chi connectivity index (χ1v) is 8.43. The molecule has 7 heteroatoms. The van der Waals surface area contributed by atoms with Crippen LogP contribution >= 0.6 is 0 Å². The maximum absolute atomic E-state index is 13.7. The van der Waals surface area contributed by atoms with Gasteiger partial charge in [-0.25, -0.2) is 4.39 Å². The fraction of sp³-hybridized carbons (Fsp3) is 0.316. The summed E-state index contributed by atoms with van der Waals surface area (Å²) in [7, 11) is 0. The fourth-order valence-corrected chi connectivity index (χ4v) is 3.03. The molecule has 26 heavy (non-hydrogen) atoms. The number of ether oxygens (including phenoxy) is 1. The maximum atomic E-state index is 13.7. The molecule has 1 N–H and O–H groups in total. The van der Waals surface area contributed by atoms with Crippen molar-refractivity contribution in [2.45, 2.75) is 25.9 Å². The number of nitrogens with one attached hydrogen (secondary N) is 1. The number of alkyl halides is 2. The summed E-state index contributed by atoms with van der Waals surface area (Å²) < 4.78 is 42.7. The van der Waals surface area contributed by atoms with Gasteiger partial charge in [-0.3, -0.25) is 4.79 Å². The summed E-state index contributed by atoms with van der Waals surface area (Å²) in [6.07, 6.45) is 3.23. The molecule has 0 aliphatic carbocycles. The lowest BCUT2D eigenvalue weighted by Gasteiger charge is -2.30. The Hall–Kier alpha value is -2.70. The number of nitrogens with zero attached hydrogens (tertiary/aromatic N) is 1. The number of hydrogen-bond donors (Lipinski definition) is 1. The van der Waals surface area contributed by atoms with Crippen LogP contribution in [0.3, 0.4) is 0 Å². The van der Waals surface area contributed by atoms with Gasteiger partial charge >= 0.3 is 6.61 Å².